The number of carbonyl (C=O) groups excluding carboxylic acids is 2. The molecule has 0 atom stereocenters. The number of nitrogens with one attached hydrogen (secondary N) is 1. The second-order valence-corrected chi connectivity index (χ2v) is 3.06. The van der Waals surface area contributed by atoms with Gasteiger partial charge in [-0.1, -0.05) is 0 Å². The maximum atomic E-state index is 12.0. The van der Waals surface area contributed by atoms with Gasteiger partial charge in [0, 0.05) is 13.5 Å². The SMILES string of the molecule is CC(=O)NCC(=O)N(CCO)CC(F)(F)F. The lowest BCUT2D eigenvalue weighted by Crippen LogP contribution is -2.45. The maximum absolute atomic E-state index is 12.0. The van der Waals surface area contributed by atoms with Gasteiger partial charge in [-0.2, -0.15) is 13.2 Å². The summed E-state index contributed by atoms with van der Waals surface area (Å²) < 4.78 is 36.1. The molecular weight excluding hydrogens is 229 g/mol. The number of carbonyl (C=O) groups is 2. The van der Waals surface area contributed by atoms with Gasteiger partial charge in [0.25, 0.3) is 0 Å². The molecule has 5 nitrogen and oxygen atoms in total. The summed E-state index contributed by atoms with van der Waals surface area (Å²) >= 11 is 0. The van der Waals surface area contributed by atoms with E-state index in [1.165, 1.54) is 0 Å². The van der Waals surface area contributed by atoms with Crippen LogP contribution in [0.2, 0.25) is 0 Å². The number of hydrogen-bond donors (Lipinski definition) is 2. The van der Waals surface area contributed by atoms with Gasteiger partial charge in [-0.25, -0.2) is 0 Å². The highest BCUT2D eigenvalue weighted by atomic mass is 19.4. The first-order valence-electron chi connectivity index (χ1n) is 4.46. The molecule has 0 aromatic rings. The fourth-order valence-electron chi connectivity index (χ4n) is 0.941. The third kappa shape index (κ3) is 7.04. The molecule has 0 saturated carbocycles. The van der Waals surface area contributed by atoms with E-state index >= 15 is 0 Å². The van der Waals surface area contributed by atoms with Crippen molar-refractivity contribution in [2.75, 3.05) is 26.2 Å². The number of halogens is 3. The highest BCUT2D eigenvalue weighted by molar-refractivity contribution is 5.83. The van der Waals surface area contributed by atoms with Gasteiger partial charge in [0.1, 0.15) is 6.54 Å². The van der Waals surface area contributed by atoms with Crippen molar-refractivity contribution < 1.29 is 27.9 Å². The van der Waals surface area contributed by atoms with Crippen molar-refractivity contribution in [3.8, 4) is 0 Å². The van der Waals surface area contributed by atoms with E-state index in [1.807, 2.05) is 0 Å². The second-order valence-electron chi connectivity index (χ2n) is 3.06. The van der Waals surface area contributed by atoms with Gasteiger partial charge in [-0.15, -0.1) is 0 Å². The van der Waals surface area contributed by atoms with E-state index in [-0.39, 0.29) is 0 Å². The third-order valence-corrected chi connectivity index (χ3v) is 1.58. The normalized spacial score (nSPS) is 11.1. The van der Waals surface area contributed by atoms with E-state index in [2.05, 4.69) is 5.32 Å². The van der Waals surface area contributed by atoms with Crippen LogP contribution in [0.1, 0.15) is 6.92 Å². The van der Waals surface area contributed by atoms with Crippen molar-refractivity contribution in [2.45, 2.75) is 13.1 Å². The lowest BCUT2D eigenvalue weighted by molar-refractivity contribution is -0.161. The summed E-state index contributed by atoms with van der Waals surface area (Å²) in [5.41, 5.74) is 0. The van der Waals surface area contributed by atoms with Crippen LogP contribution < -0.4 is 5.32 Å². The molecule has 0 aromatic carbocycles. The average Bonchev–Trinajstić information content (AvgIpc) is 2.11. The van der Waals surface area contributed by atoms with Crippen LogP contribution in [0.5, 0.6) is 0 Å². The quantitative estimate of drug-likeness (QED) is 0.683. The van der Waals surface area contributed by atoms with Crippen LogP contribution >= 0.6 is 0 Å². The summed E-state index contributed by atoms with van der Waals surface area (Å²) in [6.07, 6.45) is -4.53. The molecule has 8 heteroatoms. The predicted molar refractivity (Wildman–Crippen MR) is 48.4 cm³/mol. The molecule has 16 heavy (non-hydrogen) atoms. The van der Waals surface area contributed by atoms with Gasteiger partial charge in [-0.3, -0.25) is 9.59 Å². The van der Waals surface area contributed by atoms with Gasteiger partial charge in [0.2, 0.25) is 11.8 Å². The fraction of sp³-hybridized carbons (Fsp3) is 0.750. The molecule has 0 radical (unpaired) electrons. The minimum atomic E-state index is -4.53. The number of hydrogen-bond acceptors (Lipinski definition) is 3. The Morgan fingerprint density at radius 3 is 2.31 bits per heavy atom. The van der Waals surface area contributed by atoms with E-state index in [1.54, 1.807) is 0 Å². The molecule has 0 aliphatic rings. The molecular formula is C8H13F3N2O3. The number of aliphatic hydroxyl groups is 1. The zero-order valence-electron chi connectivity index (χ0n) is 8.67. The number of alkyl halides is 3. The Kier molecular flexibility index (Phi) is 5.79. The highest BCUT2D eigenvalue weighted by Crippen LogP contribution is 2.16. The lowest BCUT2D eigenvalue weighted by atomic mass is 10.4. The molecule has 0 fully saturated rings. The van der Waals surface area contributed by atoms with E-state index in [0.29, 0.717) is 4.90 Å². The number of rotatable bonds is 5. The standard InChI is InChI=1S/C8H13F3N2O3/c1-6(15)12-4-7(16)13(2-3-14)5-8(9,10)11/h14H,2-5H2,1H3,(H,12,15). The van der Waals surface area contributed by atoms with Crippen LogP contribution in [0.3, 0.4) is 0 Å². The van der Waals surface area contributed by atoms with Crippen molar-refractivity contribution in [1.29, 1.82) is 0 Å². The Morgan fingerprint density at radius 1 is 1.38 bits per heavy atom. The second kappa shape index (κ2) is 6.31. The zero-order valence-corrected chi connectivity index (χ0v) is 8.67. The Labute approximate surface area is 90.2 Å². The Morgan fingerprint density at radius 2 is 1.94 bits per heavy atom. The third-order valence-electron chi connectivity index (χ3n) is 1.58. The van der Waals surface area contributed by atoms with Crippen molar-refractivity contribution in [1.82, 2.24) is 10.2 Å². The summed E-state index contributed by atoms with van der Waals surface area (Å²) in [6.45, 7) is -1.79. The van der Waals surface area contributed by atoms with E-state index in [9.17, 15) is 22.8 Å². The number of nitrogens with zero attached hydrogens (tertiary/aromatic N) is 1. The highest BCUT2D eigenvalue weighted by Gasteiger charge is 2.32. The summed E-state index contributed by atoms with van der Waals surface area (Å²) in [6, 6.07) is 0. The molecule has 0 aliphatic heterocycles. The molecule has 2 N–H and O–H groups in total. The first-order valence-corrected chi connectivity index (χ1v) is 4.46. The Balaban J connectivity index is 4.29. The average molecular weight is 242 g/mol. The molecule has 0 spiro atoms. The molecule has 0 aromatic heterocycles. The molecule has 0 rings (SSSR count). The number of amides is 2. The van der Waals surface area contributed by atoms with Crippen LogP contribution in [0.25, 0.3) is 0 Å². The Bertz CT molecular complexity index is 255. The van der Waals surface area contributed by atoms with Crippen molar-refractivity contribution >= 4 is 11.8 Å². The fourth-order valence-corrected chi connectivity index (χ4v) is 0.941. The van der Waals surface area contributed by atoms with Crippen LogP contribution in [-0.2, 0) is 9.59 Å². The Hall–Kier alpha value is -1.31. The molecule has 2 amide bonds. The minimum Gasteiger partial charge on any atom is -0.395 e. The van der Waals surface area contributed by atoms with Crippen LogP contribution in [-0.4, -0.2) is 54.2 Å². The molecule has 94 valence electrons. The molecule has 0 heterocycles. The summed E-state index contributed by atoms with van der Waals surface area (Å²) in [5.74, 6) is -1.40. The van der Waals surface area contributed by atoms with Crippen LogP contribution in [0, 0.1) is 0 Å². The van der Waals surface area contributed by atoms with E-state index in [0.717, 1.165) is 6.92 Å². The van der Waals surface area contributed by atoms with Crippen LogP contribution in [0.15, 0.2) is 0 Å². The van der Waals surface area contributed by atoms with Gasteiger partial charge in [-0.05, 0) is 0 Å². The van der Waals surface area contributed by atoms with Crippen molar-refractivity contribution in [3.05, 3.63) is 0 Å². The van der Waals surface area contributed by atoms with Crippen LogP contribution in [0.4, 0.5) is 13.2 Å². The van der Waals surface area contributed by atoms with Gasteiger partial charge in [0.15, 0.2) is 0 Å². The molecule has 0 bridgehead atoms. The summed E-state index contributed by atoms with van der Waals surface area (Å²) in [7, 11) is 0. The largest absolute Gasteiger partial charge is 0.406 e. The first kappa shape index (κ1) is 14.7. The predicted octanol–water partition coefficient (Wildman–Crippen LogP) is -0.494. The van der Waals surface area contributed by atoms with Gasteiger partial charge in [0.05, 0.1) is 13.2 Å². The zero-order chi connectivity index (χ0) is 12.8. The van der Waals surface area contributed by atoms with Gasteiger partial charge < -0.3 is 15.3 Å². The first-order chi connectivity index (χ1) is 7.26. The van der Waals surface area contributed by atoms with E-state index in [4.69, 9.17) is 5.11 Å². The molecule has 0 aliphatic carbocycles. The minimum absolute atomic E-state index is 0.419. The summed E-state index contributed by atoms with van der Waals surface area (Å²) in [4.78, 5) is 22.1. The van der Waals surface area contributed by atoms with Crippen molar-refractivity contribution in [3.63, 3.8) is 0 Å². The topological polar surface area (TPSA) is 69.6 Å². The smallest absolute Gasteiger partial charge is 0.395 e. The molecule has 0 saturated heterocycles. The van der Waals surface area contributed by atoms with Gasteiger partial charge >= 0.3 is 6.18 Å². The molecule has 0 unspecified atom stereocenters. The number of aliphatic hydroxyl groups excluding tert-OH is 1. The van der Waals surface area contributed by atoms with Crippen molar-refractivity contribution in [2.24, 2.45) is 0 Å². The van der Waals surface area contributed by atoms with E-state index < -0.39 is 44.2 Å². The monoisotopic (exact) mass is 242 g/mol. The summed E-state index contributed by atoms with van der Waals surface area (Å²) in [5, 5.41) is 10.6. The maximum Gasteiger partial charge on any atom is 0.406 e. The lowest BCUT2D eigenvalue weighted by Gasteiger charge is -2.23.